The molecule has 1 radical (unpaired) electrons. The van der Waals surface area contributed by atoms with Crippen molar-refractivity contribution in [2.75, 3.05) is 0 Å². The van der Waals surface area contributed by atoms with Gasteiger partial charge in [0, 0.05) is 0 Å². The van der Waals surface area contributed by atoms with E-state index in [4.69, 9.17) is 5.11 Å². The Labute approximate surface area is 70.8 Å². The molecule has 0 aromatic carbocycles. The third-order valence-electron chi connectivity index (χ3n) is 1.82. The van der Waals surface area contributed by atoms with Crippen LogP contribution in [0.25, 0.3) is 0 Å². The van der Waals surface area contributed by atoms with Gasteiger partial charge in [-0.3, -0.25) is 0 Å². The Bertz CT molecular complexity index is 66.9. The van der Waals surface area contributed by atoms with E-state index in [-0.39, 0.29) is 6.10 Å². The quantitative estimate of drug-likeness (QED) is 0.588. The molecule has 0 bridgehead atoms. The zero-order valence-corrected chi connectivity index (χ0v) is 7.84. The molecule has 1 atom stereocenters. The molecular weight excluding hydrogens is 136 g/mol. The molecule has 0 saturated heterocycles. The van der Waals surface area contributed by atoms with Crippen molar-refractivity contribution in [3.8, 4) is 0 Å². The third kappa shape index (κ3) is 9.96. The minimum Gasteiger partial charge on any atom is -0.393 e. The normalized spacial score (nSPS) is 13.9. The van der Waals surface area contributed by atoms with E-state index in [0.717, 1.165) is 18.8 Å². The van der Waals surface area contributed by atoms with Crippen LogP contribution < -0.4 is 0 Å². The van der Waals surface area contributed by atoms with Crippen LogP contribution >= 0.6 is 0 Å². The molecule has 0 heterocycles. The van der Waals surface area contributed by atoms with Crippen LogP contribution in [0.3, 0.4) is 0 Å². The zero-order chi connectivity index (χ0) is 8.69. The summed E-state index contributed by atoms with van der Waals surface area (Å²) in [4.78, 5) is 0. The average molecular weight is 157 g/mol. The first-order valence-corrected chi connectivity index (χ1v) is 4.64. The highest BCUT2D eigenvalue weighted by atomic mass is 16.3. The van der Waals surface area contributed by atoms with Crippen LogP contribution in [0.2, 0.25) is 0 Å². The van der Waals surface area contributed by atoms with Gasteiger partial charge in [-0.25, -0.2) is 0 Å². The maximum absolute atomic E-state index is 8.85. The number of aliphatic hydroxyl groups excluding tert-OH is 1. The minimum atomic E-state index is -0.353. The van der Waals surface area contributed by atoms with E-state index < -0.39 is 0 Å². The summed E-state index contributed by atoms with van der Waals surface area (Å²) in [6.07, 6.45) is 5.48. The molecule has 0 aliphatic heterocycles. The van der Waals surface area contributed by atoms with E-state index in [1.807, 2.05) is 0 Å². The first-order chi connectivity index (χ1) is 5.13. The van der Waals surface area contributed by atoms with Gasteiger partial charge in [-0.2, -0.15) is 0 Å². The van der Waals surface area contributed by atoms with Crippen molar-refractivity contribution in [3.63, 3.8) is 0 Å². The summed E-state index contributed by atoms with van der Waals surface area (Å²) < 4.78 is 0. The number of aliphatic hydroxyl groups is 1. The lowest BCUT2D eigenvalue weighted by Gasteiger charge is -2.05. The molecule has 1 unspecified atom stereocenters. The lowest BCUT2D eigenvalue weighted by atomic mass is 10.0. The van der Waals surface area contributed by atoms with Gasteiger partial charge in [0.25, 0.3) is 0 Å². The second-order valence-electron chi connectivity index (χ2n) is 3.69. The summed E-state index contributed by atoms with van der Waals surface area (Å²) >= 11 is 0. The first-order valence-electron chi connectivity index (χ1n) is 4.64. The van der Waals surface area contributed by atoms with Gasteiger partial charge in [-0.15, -0.1) is 0 Å². The summed E-state index contributed by atoms with van der Waals surface area (Å²) in [7, 11) is 0. The summed E-state index contributed by atoms with van der Waals surface area (Å²) in [6, 6.07) is 0. The van der Waals surface area contributed by atoms with E-state index in [1.54, 1.807) is 0 Å². The molecule has 67 valence electrons. The van der Waals surface area contributed by atoms with Crippen molar-refractivity contribution in [1.29, 1.82) is 0 Å². The Hall–Kier alpha value is -0.0400. The van der Waals surface area contributed by atoms with Crippen LogP contribution in [0.1, 0.15) is 46.0 Å². The standard InChI is InChI=1S/C10H21O/c1-9(2)7-5-4-6-8-10(3)11/h9-11H,3-8H2,1-2H3. The van der Waals surface area contributed by atoms with Crippen molar-refractivity contribution >= 4 is 0 Å². The van der Waals surface area contributed by atoms with Gasteiger partial charge < -0.3 is 5.11 Å². The maximum atomic E-state index is 8.85. The number of hydrogen-bond acceptors (Lipinski definition) is 1. The van der Waals surface area contributed by atoms with Gasteiger partial charge in [-0.1, -0.05) is 39.5 Å². The number of hydrogen-bond donors (Lipinski definition) is 1. The van der Waals surface area contributed by atoms with Crippen molar-refractivity contribution in [1.82, 2.24) is 0 Å². The molecule has 0 amide bonds. The Morgan fingerprint density at radius 2 is 1.64 bits per heavy atom. The Morgan fingerprint density at radius 3 is 2.09 bits per heavy atom. The smallest absolute Gasteiger partial charge is 0.0541 e. The molecule has 0 aromatic heterocycles. The van der Waals surface area contributed by atoms with Crippen LogP contribution in [0.5, 0.6) is 0 Å². The van der Waals surface area contributed by atoms with E-state index in [1.165, 1.54) is 19.3 Å². The molecule has 0 spiro atoms. The SMILES string of the molecule is [CH2]C(O)CCCCCC(C)C. The summed E-state index contributed by atoms with van der Waals surface area (Å²) in [5.41, 5.74) is 0. The molecule has 1 heteroatoms. The molecule has 0 aromatic rings. The highest BCUT2D eigenvalue weighted by Crippen LogP contribution is 2.10. The fraction of sp³-hybridized carbons (Fsp3) is 0.900. The number of rotatable bonds is 6. The molecule has 0 aliphatic rings. The molecule has 1 N–H and O–H groups in total. The van der Waals surface area contributed by atoms with Crippen molar-refractivity contribution in [3.05, 3.63) is 6.92 Å². The molecule has 11 heavy (non-hydrogen) atoms. The van der Waals surface area contributed by atoms with Crippen molar-refractivity contribution in [2.45, 2.75) is 52.1 Å². The van der Waals surface area contributed by atoms with Crippen LogP contribution in [0.15, 0.2) is 0 Å². The third-order valence-corrected chi connectivity index (χ3v) is 1.82. The van der Waals surface area contributed by atoms with Crippen LogP contribution in [0, 0.1) is 12.8 Å². The monoisotopic (exact) mass is 157 g/mol. The lowest BCUT2D eigenvalue weighted by Crippen LogP contribution is -1.99. The topological polar surface area (TPSA) is 20.2 Å². The molecule has 0 aliphatic carbocycles. The van der Waals surface area contributed by atoms with Crippen molar-refractivity contribution < 1.29 is 5.11 Å². The highest BCUT2D eigenvalue weighted by Gasteiger charge is 1.96. The molecule has 1 nitrogen and oxygen atoms in total. The van der Waals surface area contributed by atoms with E-state index in [0.29, 0.717) is 0 Å². The minimum absolute atomic E-state index is 0.353. The van der Waals surface area contributed by atoms with Crippen LogP contribution in [0.4, 0.5) is 0 Å². The average Bonchev–Trinajstić information content (AvgIpc) is 1.85. The first kappa shape index (κ1) is 11.0. The number of unbranched alkanes of at least 4 members (excludes halogenated alkanes) is 2. The van der Waals surface area contributed by atoms with Crippen LogP contribution in [-0.4, -0.2) is 11.2 Å². The molecular formula is C10H21O. The van der Waals surface area contributed by atoms with Gasteiger partial charge in [0.1, 0.15) is 0 Å². The second-order valence-corrected chi connectivity index (χ2v) is 3.69. The van der Waals surface area contributed by atoms with Gasteiger partial charge in [0.15, 0.2) is 0 Å². The maximum Gasteiger partial charge on any atom is 0.0541 e. The second kappa shape index (κ2) is 6.66. The van der Waals surface area contributed by atoms with Crippen molar-refractivity contribution in [2.24, 2.45) is 5.92 Å². The highest BCUT2D eigenvalue weighted by molar-refractivity contribution is 4.56. The summed E-state index contributed by atoms with van der Waals surface area (Å²) in [6.45, 7) is 8.02. The molecule has 0 rings (SSSR count). The van der Waals surface area contributed by atoms with Gasteiger partial charge in [-0.05, 0) is 19.3 Å². The van der Waals surface area contributed by atoms with E-state index in [9.17, 15) is 0 Å². The predicted octanol–water partition coefficient (Wildman–Crippen LogP) is 2.79. The van der Waals surface area contributed by atoms with E-state index >= 15 is 0 Å². The lowest BCUT2D eigenvalue weighted by molar-refractivity contribution is 0.205. The van der Waals surface area contributed by atoms with Gasteiger partial charge >= 0.3 is 0 Å². The largest absolute Gasteiger partial charge is 0.393 e. The Kier molecular flexibility index (Phi) is 6.63. The molecule has 0 saturated carbocycles. The fourth-order valence-electron chi connectivity index (χ4n) is 1.11. The fourth-order valence-corrected chi connectivity index (χ4v) is 1.11. The molecule has 0 fully saturated rings. The summed E-state index contributed by atoms with van der Waals surface area (Å²) in [5, 5.41) is 8.85. The Morgan fingerprint density at radius 1 is 1.09 bits per heavy atom. The van der Waals surface area contributed by atoms with Crippen LogP contribution in [-0.2, 0) is 0 Å². The summed E-state index contributed by atoms with van der Waals surface area (Å²) in [5.74, 6) is 0.819. The van der Waals surface area contributed by atoms with E-state index in [2.05, 4.69) is 20.8 Å². The zero-order valence-electron chi connectivity index (χ0n) is 7.84. The van der Waals surface area contributed by atoms with Gasteiger partial charge in [0.2, 0.25) is 0 Å². The Balaban J connectivity index is 2.91. The van der Waals surface area contributed by atoms with Gasteiger partial charge in [0.05, 0.1) is 6.10 Å². The predicted molar refractivity (Wildman–Crippen MR) is 49.3 cm³/mol.